The fourth-order valence-electron chi connectivity index (χ4n) is 2.25. The summed E-state index contributed by atoms with van der Waals surface area (Å²) in [5.74, 6) is 0.486. The highest BCUT2D eigenvalue weighted by Crippen LogP contribution is 2.28. The fraction of sp³-hybridized carbons (Fsp3) is 0.500. The van der Waals surface area contributed by atoms with Gasteiger partial charge in [-0.3, -0.25) is 4.98 Å². The number of hydrogen-bond donors (Lipinski definition) is 1. The molecule has 0 bridgehead atoms. The molecule has 0 radical (unpaired) electrons. The Morgan fingerprint density at radius 2 is 2.20 bits per heavy atom. The van der Waals surface area contributed by atoms with Gasteiger partial charge in [-0.25, -0.2) is 4.98 Å². The largest absolute Gasteiger partial charge is 0.309 e. The molecule has 4 heteroatoms. The molecule has 3 rings (SSSR count). The van der Waals surface area contributed by atoms with Crippen molar-refractivity contribution in [3.8, 4) is 0 Å². The van der Waals surface area contributed by atoms with Crippen LogP contribution in [0.1, 0.15) is 53.9 Å². The molecule has 0 amide bonds. The summed E-state index contributed by atoms with van der Waals surface area (Å²) >= 11 is 1.84. The van der Waals surface area contributed by atoms with Crippen molar-refractivity contribution in [1.82, 2.24) is 15.3 Å². The smallest absolute Gasteiger partial charge is 0.0991 e. The predicted molar refractivity (Wildman–Crippen MR) is 83.1 cm³/mol. The lowest BCUT2D eigenvalue weighted by molar-refractivity contribution is 0.680. The van der Waals surface area contributed by atoms with Gasteiger partial charge in [-0.05, 0) is 30.9 Å². The van der Waals surface area contributed by atoms with E-state index >= 15 is 0 Å². The summed E-state index contributed by atoms with van der Waals surface area (Å²) in [4.78, 5) is 10.6. The number of aromatic nitrogens is 2. The second kappa shape index (κ2) is 6.02. The first-order valence-corrected chi connectivity index (χ1v) is 8.16. The van der Waals surface area contributed by atoms with Gasteiger partial charge in [0.05, 0.1) is 10.7 Å². The van der Waals surface area contributed by atoms with Crippen LogP contribution in [0.15, 0.2) is 24.4 Å². The highest BCUT2D eigenvalue weighted by Gasteiger charge is 2.22. The van der Waals surface area contributed by atoms with Crippen molar-refractivity contribution in [3.05, 3.63) is 45.7 Å². The Morgan fingerprint density at radius 1 is 1.35 bits per heavy atom. The van der Waals surface area contributed by atoms with Crippen LogP contribution in [-0.2, 0) is 13.0 Å². The molecular formula is C16H21N3S. The summed E-state index contributed by atoms with van der Waals surface area (Å²) in [6, 6.07) is 6.81. The second-order valence-corrected chi connectivity index (χ2v) is 6.89. The van der Waals surface area contributed by atoms with Crippen LogP contribution >= 0.6 is 11.3 Å². The van der Waals surface area contributed by atoms with E-state index < -0.39 is 0 Å². The molecule has 1 aliphatic rings. The monoisotopic (exact) mass is 287 g/mol. The van der Waals surface area contributed by atoms with Crippen molar-refractivity contribution in [2.24, 2.45) is 0 Å². The zero-order valence-electron chi connectivity index (χ0n) is 12.1. The lowest BCUT2D eigenvalue weighted by atomic mass is 10.1. The summed E-state index contributed by atoms with van der Waals surface area (Å²) in [7, 11) is 0. The summed E-state index contributed by atoms with van der Waals surface area (Å²) in [6.07, 6.45) is 5.35. The van der Waals surface area contributed by atoms with Crippen LogP contribution in [0, 0.1) is 0 Å². The first kappa shape index (κ1) is 13.7. The van der Waals surface area contributed by atoms with Gasteiger partial charge in [0, 0.05) is 35.8 Å². The Hall–Kier alpha value is -1.26. The summed E-state index contributed by atoms with van der Waals surface area (Å²) in [6.45, 7) is 5.42. The third-order valence-corrected chi connectivity index (χ3v) is 4.58. The Balaban J connectivity index is 1.75. The molecule has 0 unspecified atom stereocenters. The Labute approximate surface area is 124 Å². The van der Waals surface area contributed by atoms with Crippen LogP contribution in [0.2, 0.25) is 0 Å². The first-order chi connectivity index (χ1) is 9.72. The van der Waals surface area contributed by atoms with Gasteiger partial charge in [-0.15, -0.1) is 11.3 Å². The molecule has 2 heterocycles. The molecule has 1 saturated carbocycles. The summed E-state index contributed by atoms with van der Waals surface area (Å²) in [5, 5.41) is 4.78. The number of rotatable bonds is 6. The van der Waals surface area contributed by atoms with Gasteiger partial charge in [0.15, 0.2) is 0 Å². The van der Waals surface area contributed by atoms with Gasteiger partial charge in [0.2, 0.25) is 0 Å². The standard InChI is InChI=1S/C16H21N3S/c1-11(2)16-14(10-18-12-6-7-12)20-15(19-16)9-13-5-3-4-8-17-13/h3-5,8,11-12,18H,6-7,9-10H2,1-2H3. The SMILES string of the molecule is CC(C)c1nc(Cc2ccccn2)sc1CNC1CC1. The van der Waals surface area contributed by atoms with Crippen molar-refractivity contribution in [2.75, 3.05) is 0 Å². The number of nitrogens with zero attached hydrogens (tertiary/aromatic N) is 2. The number of thiazole rings is 1. The molecule has 1 N–H and O–H groups in total. The highest BCUT2D eigenvalue weighted by atomic mass is 32.1. The van der Waals surface area contributed by atoms with E-state index in [9.17, 15) is 0 Å². The van der Waals surface area contributed by atoms with Crippen LogP contribution in [0.4, 0.5) is 0 Å². The summed E-state index contributed by atoms with van der Waals surface area (Å²) in [5.41, 5.74) is 2.35. The quantitative estimate of drug-likeness (QED) is 0.883. The van der Waals surface area contributed by atoms with Crippen LogP contribution < -0.4 is 5.32 Å². The molecule has 0 aromatic carbocycles. The van der Waals surface area contributed by atoms with Gasteiger partial charge in [-0.1, -0.05) is 19.9 Å². The fourth-order valence-corrected chi connectivity index (χ4v) is 3.44. The van der Waals surface area contributed by atoms with Gasteiger partial charge < -0.3 is 5.32 Å². The minimum absolute atomic E-state index is 0.486. The van der Waals surface area contributed by atoms with Crippen molar-refractivity contribution in [1.29, 1.82) is 0 Å². The Bertz CT molecular complexity index is 558. The van der Waals surface area contributed by atoms with E-state index in [-0.39, 0.29) is 0 Å². The molecule has 1 fully saturated rings. The minimum Gasteiger partial charge on any atom is -0.309 e. The zero-order valence-corrected chi connectivity index (χ0v) is 12.9. The van der Waals surface area contributed by atoms with Gasteiger partial charge >= 0.3 is 0 Å². The van der Waals surface area contributed by atoms with E-state index in [1.54, 1.807) is 0 Å². The average molecular weight is 287 g/mol. The number of nitrogens with one attached hydrogen (secondary N) is 1. The maximum Gasteiger partial charge on any atom is 0.0991 e. The minimum atomic E-state index is 0.486. The molecule has 0 saturated heterocycles. The van der Waals surface area contributed by atoms with Crippen LogP contribution in [0.5, 0.6) is 0 Å². The van der Waals surface area contributed by atoms with Gasteiger partial charge in [-0.2, -0.15) is 0 Å². The van der Waals surface area contributed by atoms with Crippen molar-refractivity contribution in [2.45, 2.75) is 51.6 Å². The van der Waals surface area contributed by atoms with Crippen molar-refractivity contribution >= 4 is 11.3 Å². The predicted octanol–water partition coefficient (Wildman–Crippen LogP) is 3.50. The molecule has 1 aliphatic carbocycles. The lowest BCUT2D eigenvalue weighted by Crippen LogP contribution is -2.15. The highest BCUT2D eigenvalue weighted by molar-refractivity contribution is 7.11. The van der Waals surface area contributed by atoms with E-state index in [1.807, 2.05) is 29.7 Å². The molecule has 3 nitrogen and oxygen atoms in total. The molecule has 2 aromatic rings. The number of hydrogen-bond acceptors (Lipinski definition) is 4. The zero-order chi connectivity index (χ0) is 13.9. The van der Waals surface area contributed by atoms with Crippen molar-refractivity contribution < 1.29 is 0 Å². The maximum absolute atomic E-state index is 4.84. The molecular weight excluding hydrogens is 266 g/mol. The Morgan fingerprint density at radius 3 is 2.85 bits per heavy atom. The molecule has 106 valence electrons. The first-order valence-electron chi connectivity index (χ1n) is 7.34. The van der Waals surface area contributed by atoms with E-state index in [4.69, 9.17) is 4.98 Å². The van der Waals surface area contributed by atoms with Crippen molar-refractivity contribution in [3.63, 3.8) is 0 Å². The van der Waals surface area contributed by atoms with Crippen LogP contribution in [-0.4, -0.2) is 16.0 Å². The normalized spacial score (nSPS) is 14.9. The third-order valence-electron chi connectivity index (χ3n) is 3.51. The maximum atomic E-state index is 4.84. The molecule has 2 aromatic heterocycles. The van der Waals surface area contributed by atoms with E-state index in [0.717, 1.165) is 24.7 Å². The summed E-state index contributed by atoms with van der Waals surface area (Å²) < 4.78 is 0. The van der Waals surface area contributed by atoms with E-state index in [1.165, 1.54) is 28.4 Å². The molecule has 20 heavy (non-hydrogen) atoms. The van der Waals surface area contributed by atoms with Crippen LogP contribution in [0.3, 0.4) is 0 Å². The lowest BCUT2D eigenvalue weighted by Gasteiger charge is -2.05. The van der Waals surface area contributed by atoms with Gasteiger partial charge in [0.25, 0.3) is 0 Å². The molecule has 0 atom stereocenters. The average Bonchev–Trinajstić information content (AvgIpc) is 3.18. The van der Waals surface area contributed by atoms with E-state index in [0.29, 0.717) is 5.92 Å². The van der Waals surface area contributed by atoms with E-state index in [2.05, 4.69) is 30.2 Å². The second-order valence-electron chi connectivity index (χ2n) is 5.72. The molecule has 0 aliphatic heterocycles. The Kier molecular flexibility index (Phi) is 4.13. The number of pyridine rings is 1. The van der Waals surface area contributed by atoms with Gasteiger partial charge in [0.1, 0.15) is 0 Å². The molecule has 0 spiro atoms. The third kappa shape index (κ3) is 3.44. The topological polar surface area (TPSA) is 37.8 Å². The van der Waals surface area contributed by atoms with Crippen LogP contribution in [0.25, 0.3) is 0 Å².